The van der Waals surface area contributed by atoms with Gasteiger partial charge in [-0.3, -0.25) is 0 Å². The number of nitrogen functional groups attached to an aromatic ring is 1. The number of nitrogens with two attached hydrogens (primary N) is 1. The van der Waals surface area contributed by atoms with Gasteiger partial charge in [-0.05, 0) is 46.3 Å². The van der Waals surface area contributed by atoms with E-state index in [9.17, 15) is 0 Å². The number of ether oxygens (including phenoxy) is 1. The first-order chi connectivity index (χ1) is 9.17. The number of methoxy groups -OCH3 is 1. The summed E-state index contributed by atoms with van der Waals surface area (Å²) in [6, 6.07) is 11.1. The predicted octanol–water partition coefficient (Wildman–Crippen LogP) is 3.85. The van der Waals surface area contributed by atoms with Crippen molar-refractivity contribution in [1.29, 1.82) is 0 Å². The molecule has 3 rings (SSSR count). The first kappa shape index (κ1) is 12.0. The van der Waals surface area contributed by atoms with E-state index in [-0.39, 0.29) is 0 Å². The summed E-state index contributed by atoms with van der Waals surface area (Å²) in [5, 5.41) is 0. The third kappa shape index (κ3) is 2.17. The highest BCUT2D eigenvalue weighted by Gasteiger charge is 2.10. The van der Waals surface area contributed by atoms with Gasteiger partial charge < -0.3 is 14.9 Å². The lowest BCUT2D eigenvalue weighted by Crippen LogP contribution is -1.86. The van der Waals surface area contributed by atoms with Crippen molar-refractivity contribution in [3.8, 4) is 17.2 Å². The molecule has 0 saturated carbocycles. The van der Waals surface area contributed by atoms with Gasteiger partial charge in [-0.25, -0.2) is 4.98 Å². The van der Waals surface area contributed by atoms with E-state index < -0.39 is 0 Å². The summed E-state index contributed by atoms with van der Waals surface area (Å²) in [7, 11) is 1.62. The molecule has 0 bridgehead atoms. The molecule has 0 aliphatic heterocycles. The van der Waals surface area contributed by atoms with Crippen LogP contribution in [0.1, 0.15) is 0 Å². The van der Waals surface area contributed by atoms with Crippen LogP contribution in [0, 0.1) is 0 Å². The van der Waals surface area contributed by atoms with Crippen molar-refractivity contribution in [1.82, 2.24) is 4.98 Å². The minimum Gasteiger partial charge on any atom is -0.497 e. The van der Waals surface area contributed by atoms with Gasteiger partial charge in [0.1, 0.15) is 11.3 Å². The quantitative estimate of drug-likeness (QED) is 0.729. The van der Waals surface area contributed by atoms with Crippen LogP contribution in [0.5, 0.6) is 5.75 Å². The molecule has 0 aliphatic rings. The summed E-state index contributed by atoms with van der Waals surface area (Å²) in [4.78, 5) is 4.45. The number of aromatic nitrogens is 1. The molecule has 2 N–H and O–H groups in total. The van der Waals surface area contributed by atoms with Crippen molar-refractivity contribution in [3.05, 3.63) is 40.9 Å². The van der Waals surface area contributed by atoms with Crippen LogP contribution in [-0.2, 0) is 0 Å². The molecule has 0 atom stereocenters. The lowest BCUT2D eigenvalue weighted by Gasteiger charge is -1.99. The Morgan fingerprint density at radius 1 is 1.21 bits per heavy atom. The van der Waals surface area contributed by atoms with Gasteiger partial charge >= 0.3 is 0 Å². The van der Waals surface area contributed by atoms with E-state index in [1.165, 1.54) is 0 Å². The number of rotatable bonds is 2. The van der Waals surface area contributed by atoms with E-state index in [2.05, 4.69) is 20.9 Å². The third-order valence-electron chi connectivity index (χ3n) is 2.84. The van der Waals surface area contributed by atoms with Crippen LogP contribution in [-0.4, -0.2) is 12.1 Å². The van der Waals surface area contributed by atoms with Crippen molar-refractivity contribution >= 4 is 32.7 Å². The smallest absolute Gasteiger partial charge is 0.227 e. The molecule has 0 saturated heterocycles. The third-order valence-corrected chi connectivity index (χ3v) is 3.53. The zero-order valence-electron chi connectivity index (χ0n) is 10.2. The fraction of sp³-hybridized carbons (Fsp3) is 0.0714. The number of benzene rings is 2. The molecule has 19 heavy (non-hydrogen) atoms. The van der Waals surface area contributed by atoms with Gasteiger partial charge in [-0.15, -0.1) is 0 Å². The lowest BCUT2D eigenvalue weighted by molar-refractivity contribution is 0.414. The Morgan fingerprint density at radius 2 is 2.05 bits per heavy atom. The first-order valence-electron chi connectivity index (χ1n) is 5.67. The van der Waals surface area contributed by atoms with Gasteiger partial charge in [0.05, 0.1) is 7.11 Å². The van der Waals surface area contributed by atoms with Gasteiger partial charge in [-0.1, -0.05) is 0 Å². The first-order valence-corrected chi connectivity index (χ1v) is 6.46. The Kier molecular flexibility index (Phi) is 2.91. The maximum Gasteiger partial charge on any atom is 0.227 e. The second kappa shape index (κ2) is 4.59. The Hall–Kier alpha value is -2.01. The second-order valence-corrected chi connectivity index (χ2v) is 4.94. The van der Waals surface area contributed by atoms with Crippen molar-refractivity contribution < 1.29 is 9.15 Å². The van der Waals surface area contributed by atoms with E-state index in [1.807, 2.05) is 36.4 Å². The van der Waals surface area contributed by atoms with Crippen LogP contribution < -0.4 is 10.5 Å². The summed E-state index contributed by atoms with van der Waals surface area (Å²) < 4.78 is 11.7. The molecule has 0 unspecified atom stereocenters. The van der Waals surface area contributed by atoms with Gasteiger partial charge in [0.25, 0.3) is 0 Å². The Labute approximate surface area is 118 Å². The standard InChI is InChI=1S/C14H11BrN2O2/c1-18-9-3-5-12-13(7-9)19-14(17-12)8-2-4-11(16)10(15)6-8/h2-7H,16H2,1H3. The Balaban J connectivity index is 2.11. The number of anilines is 1. The minimum atomic E-state index is 0.559. The minimum absolute atomic E-state index is 0.559. The molecule has 2 aromatic carbocycles. The summed E-state index contributed by atoms with van der Waals surface area (Å²) in [5.74, 6) is 1.30. The molecular formula is C14H11BrN2O2. The highest BCUT2D eigenvalue weighted by atomic mass is 79.9. The molecule has 0 aliphatic carbocycles. The maximum absolute atomic E-state index is 5.77. The van der Waals surface area contributed by atoms with E-state index in [0.717, 1.165) is 21.3 Å². The van der Waals surface area contributed by atoms with E-state index in [4.69, 9.17) is 14.9 Å². The fourth-order valence-electron chi connectivity index (χ4n) is 1.82. The molecule has 1 heterocycles. The van der Waals surface area contributed by atoms with Crippen LogP contribution in [0.3, 0.4) is 0 Å². The fourth-order valence-corrected chi connectivity index (χ4v) is 2.19. The van der Waals surface area contributed by atoms with Gasteiger partial charge in [0.15, 0.2) is 5.58 Å². The normalized spacial score (nSPS) is 10.8. The largest absolute Gasteiger partial charge is 0.497 e. The molecular weight excluding hydrogens is 308 g/mol. The maximum atomic E-state index is 5.77. The van der Waals surface area contributed by atoms with E-state index in [0.29, 0.717) is 17.2 Å². The van der Waals surface area contributed by atoms with Crippen LogP contribution in [0.2, 0.25) is 0 Å². The van der Waals surface area contributed by atoms with Crippen molar-refractivity contribution in [2.24, 2.45) is 0 Å². The van der Waals surface area contributed by atoms with Gasteiger partial charge in [-0.2, -0.15) is 0 Å². The molecule has 5 heteroatoms. The number of nitrogens with zero attached hydrogens (tertiary/aromatic N) is 1. The second-order valence-electron chi connectivity index (χ2n) is 4.09. The van der Waals surface area contributed by atoms with Crippen LogP contribution in [0.25, 0.3) is 22.6 Å². The average Bonchev–Trinajstić information content (AvgIpc) is 2.84. The number of hydrogen-bond donors (Lipinski definition) is 1. The predicted molar refractivity (Wildman–Crippen MR) is 78.1 cm³/mol. The number of fused-ring (bicyclic) bond motifs is 1. The number of oxazole rings is 1. The summed E-state index contributed by atoms with van der Waals surface area (Å²) in [6.07, 6.45) is 0. The summed E-state index contributed by atoms with van der Waals surface area (Å²) in [6.45, 7) is 0. The topological polar surface area (TPSA) is 61.3 Å². The SMILES string of the molecule is COc1ccc2nc(-c3ccc(N)c(Br)c3)oc2c1. The highest BCUT2D eigenvalue weighted by Crippen LogP contribution is 2.30. The molecule has 0 amide bonds. The van der Waals surface area contributed by atoms with E-state index >= 15 is 0 Å². The van der Waals surface area contributed by atoms with Crippen molar-refractivity contribution in [2.75, 3.05) is 12.8 Å². The van der Waals surface area contributed by atoms with Gasteiger partial charge in [0.2, 0.25) is 5.89 Å². The van der Waals surface area contributed by atoms with Crippen molar-refractivity contribution in [3.63, 3.8) is 0 Å². The van der Waals surface area contributed by atoms with E-state index in [1.54, 1.807) is 7.11 Å². The zero-order chi connectivity index (χ0) is 13.4. The molecule has 0 fully saturated rings. The highest BCUT2D eigenvalue weighted by molar-refractivity contribution is 9.10. The van der Waals surface area contributed by atoms with Crippen LogP contribution in [0.4, 0.5) is 5.69 Å². The van der Waals surface area contributed by atoms with Crippen molar-refractivity contribution in [2.45, 2.75) is 0 Å². The molecule has 0 spiro atoms. The Morgan fingerprint density at radius 3 is 2.79 bits per heavy atom. The molecule has 1 aromatic heterocycles. The Bertz CT molecular complexity index is 752. The number of halogens is 1. The molecule has 0 radical (unpaired) electrons. The molecule has 3 aromatic rings. The molecule has 96 valence electrons. The number of hydrogen-bond acceptors (Lipinski definition) is 4. The van der Waals surface area contributed by atoms with Crippen LogP contribution in [0.15, 0.2) is 45.3 Å². The van der Waals surface area contributed by atoms with Gasteiger partial charge in [0, 0.05) is 21.8 Å². The monoisotopic (exact) mass is 318 g/mol. The lowest BCUT2D eigenvalue weighted by atomic mass is 10.2. The molecule has 4 nitrogen and oxygen atoms in total. The zero-order valence-corrected chi connectivity index (χ0v) is 11.8. The average molecular weight is 319 g/mol. The van der Waals surface area contributed by atoms with Crippen LogP contribution >= 0.6 is 15.9 Å². The summed E-state index contributed by atoms with van der Waals surface area (Å²) in [5.41, 5.74) is 8.81. The summed E-state index contributed by atoms with van der Waals surface area (Å²) >= 11 is 3.40.